The molecule has 1 unspecified atom stereocenters. The minimum Gasteiger partial charge on any atom is -0.478 e. The van der Waals surface area contributed by atoms with Crippen molar-refractivity contribution in [3.05, 3.63) is 29.3 Å². The third-order valence-corrected chi connectivity index (χ3v) is 2.78. The second kappa shape index (κ2) is 5.71. The van der Waals surface area contributed by atoms with E-state index in [0.717, 1.165) is 5.56 Å². The van der Waals surface area contributed by atoms with Crippen LogP contribution in [0.2, 0.25) is 0 Å². The van der Waals surface area contributed by atoms with E-state index in [9.17, 15) is 4.79 Å². The van der Waals surface area contributed by atoms with Crippen LogP contribution in [0.5, 0.6) is 5.75 Å². The molecule has 1 atom stereocenters. The number of rotatable bonds is 4. The topological polar surface area (TPSA) is 35.5 Å². The number of carbonyl (C=O) groups excluding carboxylic acids is 1. The molecule has 1 aromatic rings. The first kappa shape index (κ1) is 13.6. The van der Waals surface area contributed by atoms with Gasteiger partial charge in [0.2, 0.25) is 0 Å². The average molecular weight is 236 g/mol. The molecule has 0 spiro atoms. The highest BCUT2D eigenvalue weighted by atomic mass is 16.6. The normalized spacial score (nSPS) is 12.4. The Labute approximate surface area is 103 Å². The van der Waals surface area contributed by atoms with Gasteiger partial charge >= 0.3 is 5.97 Å². The van der Waals surface area contributed by atoms with Crippen LogP contribution in [0.4, 0.5) is 0 Å². The van der Waals surface area contributed by atoms with E-state index in [4.69, 9.17) is 9.47 Å². The molecule has 0 bridgehead atoms. The molecule has 0 heterocycles. The van der Waals surface area contributed by atoms with E-state index < -0.39 is 6.10 Å². The van der Waals surface area contributed by atoms with E-state index in [-0.39, 0.29) is 11.9 Å². The predicted octanol–water partition coefficient (Wildman–Crippen LogP) is 2.88. The number of benzene rings is 1. The van der Waals surface area contributed by atoms with Gasteiger partial charge in [0.15, 0.2) is 6.10 Å². The largest absolute Gasteiger partial charge is 0.478 e. The van der Waals surface area contributed by atoms with Gasteiger partial charge < -0.3 is 9.47 Å². The van der Waals surface area contributed by atoms with Gasteiger partial charge in [0.05, 0.1) is 7.11 Å². The van der Waals surface area contributed by atoms with E-state index >= 15 is 0 Å². The van der Waals surface area contributed by atoms with Crippen LogP contribution >= 0.6 is 0 Å². The third kappa shape index (κ3) is 3.48. The lowest BCUT2D eigenvalue weighted by molar-refractivity contribution is -0.150. The van der Waals surface area contributed by atoms with Crippen LogP contribution in [-0.2, 0) is 9.53 Å². The number of hydrogen-bond acceptors (Lipinski definition) is 3. The Hall–Kier alpha value is -1.51. The summed E-state index contributed by atoms with van der Waals surface area (Å²) in [5.41, 5.74) is 2.35. The zero-order valence-corrected chi connectivity index (χ0v) is 11.1. The van der Waals surface area contributed by atoms with Crippen LogP contribution in [0.25, 0.3) is 0 Å². The Morgan fingerprint density at radius 3 is 2.29 bits per heavy atom. The van der Waals surface area contributed by atoms with E-state index in [2.05, 4.69) is 0 Å². The maximum absolute atomic E-state index is 11.6. The van der Waals surface area contributed by atoms with Crippen LogP contribution in [0.1, 0.15) is 25.0 Å². The van der Waals surface area contributed by atoms with Crippen molar-refractivity contribution >= 4 is 5.97 Å². The van der Waals surface area contributed by atoms with E-state index in [0.29, 0.717) is 5.75 Å². The van der Waals surface area contributed by atoms with Crippen molar-refractivity contribution in [2.24, 2.45) is 5.92 Å². The van der Waals surface area contributed by atoms with Crippen molar-refractivity contribution in [3.63, 3.8) is 0 Å². The number of esters is 1. The minimum absolute atomic E-state index is 0.0732. The molecule has 0 radical (unpaired) electrons. The molecule has 0 saturated heterocycles. The summed E-state index contributed by atoms with van der Waals surface area (Å²) in [5, 5.41) is 0. The SMILES string of the molecule is COC(=O)C(Oc1ccc(C)c(C)c1)C(C)C. The summed E-state index contributed by atoms with van der Waals surface area (Å²) in [7, 11) is 1.38. The Kier molecular flexibility index (Phi) is 4.55. The van der Waals surface area contributed by atoms with Crippen molar-refractivity contribution in [3.8, 4) is 5.75 Å². The first-order chi connectivity index (χ1) is 7.95. The highest BCUT2D eigenvalue weighted by Crippen LogP contribution is 2.20. The summed E-state index contributed by atoms with van der Waals surface area (Å²) in [6.45, 7) is 7.93. The molecule has 1 rings (SSSR count). The highest BCUT2D eigenvalue weighted by molar-refractivity contribution is 5.75. The number of carbonyl (C=O) groups is 1. The molecule has 0 aliphatic rings. The van der Waals surface area contributed by atoms with E-state index in [1.54, 1.807) is 0 Å². The average Bonchev–Trinajstić information content (AvgIpc) is 2.29. The van der Waals surface area contributed by atoms with Crippen LogP contribution in [0.15, 0.2) is 18.2 Å². The number of methoxy groups -OCH3 is 1. The second-order valence-electron chi connectivity index (χ2n) is 4.55. The molecule has 3 heteroatoms. The van der Waals surface area contributed by atoms with Crippen molar-refractivity contribution in [1.29, 1.82) is 0 Å². The fourth-order valence-corrected chi connectivity index (χ4v) is 1.51. The molecule has 17 heavy (non-hydrogen) atoms. The number of hydrogen-bond donors (Lipinski definition) is 0. The Morgan fingerprint density at radius 1 is 1.18 bits per heavy atom. The molecule has 1 aromatic carbocycles. The zero-order chi connectivity index (χ0) is 13.0. The van der Waals surface area contributed by atoms with Gasteiger partial charge in [0.1, 0.15) is 5.75 Å². The Balaban J connectivity index is 2.86. The van der Waals surface area contributed by atoms with Crippen molar-refractivity contribution < 1.29 is 14.3 Å². The minimum atomic E-state index is -0.554. The van der Waals surface area contributed by atoms with Crippen LogP contribution in [-0.4, -0.2) is 19.2 Å². The molecule has 0 aliphatic heterocycles. The van der Waals surface area contributed by atoms with Crippen LogP contribution < -0.4 is 4.74 Å². The van der Waals surface area contributed by atoms with Crippen LogP contribution in [0.3, 0.4) is 0 Å². The molecule has 0 N–H and O–H groups in total. The summed E-state index contributed by atoms with van der Waals surface area (Å²) in [6, 6.07) is 5.80. The predicted molar refractivity (Wildman–Crippen MR) is 67.2 cm³/mol. The number of ether oxygens (including phenoxy) is 2. The van der Waals surface area contributed by atoms with Crippen molar-refractivity contribution in [1.82, 2.24) is 0 Å². The first-order valence-corrected chi connectivity index (χ1v) is 5.77. The standard InChI is InChI=1S/C14H20O3/c1-9(2)13(14(15)16-5)17-12-7-6-10(3)11(4)8-12/h6-9,13H,1-5H3. The molecule has 94 valence electrons. The lowest BCUT2D eigenvalue weighted by Crippen LogP contribution is -2.33. The van der Waals surface area contributed by atoms with Gasteiger partial charge in [0, 0.05) is 5.92 Å². The molecular formula is C14H20O3. The van der Waals surface area contributed by atoms with Crippen molar-refractivity contribution in [2.75, 3.05) is 7.11 Å². The molecular weight excluding hydrogens is 216 g/mol. The lowest BCUT2D eigenvalue weighted by Gasteiger charge is -2.20. The van der Waals surface area contributed by atoms with E-state index in [1.165, 1.54) is 12.7 Å². The summed E-state index contributed by atoms with van der Waals surface area (Å²) in [6.07, 6.45) is -0.554. The number of aryl methyl sites for hydroxylation is 2. The lowest BCUT2D eigenvalue weighted by atomic mass is 10.1. The Morgan fingerprint density at radius 2 is 1.82 bits per heavy atom. The molecule has 0 amide bonds. The van der Waals surface area contributed by atoms with E-state index in [1.807, 2.05) is 45.9 Å². The van der Waals surface area contributed by atoms with Gasteiger partial charge in [-0.3, -0.25) is 0 Å². The maximum Gasteiger partial charge on any atom is 0.347 e. The quantitative estimate of drug-likeness (QED) is 0.754. The molecule has 0 saturated carbocycles. The Bertz CT molecular complexity index is 396. The zero-order valence-electron chi connectivity index (χ0n) is 11.1. The second-order valence-corrected chi connectivity index (χ2v) is 4.55. The van der Waals surface area contributed by atoms with Gasteiger partial charge in [-0.15, -0.1) is 0 Å². The smallest absolute Gasteiger partial charge is 0.347 e. The first-order valence-electron chi connectivity index (χ1n) is 5.77. The fraction of sp³-hybridized carbons (Fsp3) is 0.500. The van der Waals surface area contributed by atoms with Crippen LogP contribution in [0, 0.1) is 19.8 Å². The molecule has 0 aromatic heterocycles. The third-order valence-electron chi connectivity index (χ3n) is 2.78. The van der Waals surface area contributed by atoms with Gasteiger partial charge in [-0.1, -0.05) is 19.9 Å². The summed E-state index contributed by atoms with van der Waals surface area (Å²) < 4.78 is 10.4. The molecule has 3 nitrogen and oxygen atoms in total. The summed E-state index contributed by atoms with van der Waals surface area (Å²) >= 11 is 0. The van der Waals surface area contributed by atoms with Gasteiger partial charge in [-0.25, -0.2) is 4.79 Å². The summed E-state index contributed by atoms with van der Waals surface area (Å²) in [4.78, 5) is 11.6. The van der Waals surface area contributed by atoms with Gasteiger partial charge in [-0.05, 0) is 37.1 Å². The molecule has 0 fully saturated rings. The fourth-order valence-electron chi connectivity index (χ4n) is 1.51. The van der Waals surface area contributed by atoms with Gasteiger partial charge in [-0.2, -0.15) is 0 Å². The highest BCUT2D eigenvalue weighted by Gasteiger charge is 2.25. The van der Waals surface area contributed by atoms with Gasteiger partial charge in [0.25, 0.3) is 0 Å². The maximum atomic E-state index is 11.6. The summed E-state index contributed by atoms with van der Waals surface area (Å²) in [5.74, 6) is 0.444. The monoisotopic (exact) mass is 236 g/mol. The van der Waals surface area contributed by atoms with Crippen molar-refractivity contribution in [2.45, 2.75) is 33.8 Å². The molecule has 0 aliphatic carbocycles.